The number of aromatic nitrogens is 4. The Bertz CT molecular complexity index is 1370. The molecule has 170 valence electrons. The van der Waals surface area contributed by atoms with Crippen molar-refractivity contribution >= 4 is 34.4 Å². The van der Waals surface area contributed by atoms with Gasteiger partial charge in [-0.3, -0.25) is 4.79 Å². The molecular weight excluding hydrogens is 432 g/mol. The second kappa shape index (κ2) is 8.43. The van der Waals surface area contributed by atoms with E-state index < -0.39 is 23.6 Å². The smallest absolute Gasteiger partial charge is 0.257 e. The fourth-order valence-corrected chi connectivity index (χ4v) is 3.53. The Kier molecular flexibility index (Phi) is 5.64. The third-order valence-corrected chi connectivity index (χ3v) is 5.08. The van der Waals surface area contributed by atoms with E-state index in [0.717, 1.165) is 17.7 Å². The minimum atomic E-state index is -1.74. The van der Waals surface area contributed by atoms with Gasteiger partial charge in [-0.2, -0.15) is 10.1 Å². The first kappa shape index (κ1) is 22.1. The van der Waals surface area contributed by atoms with Gasteiger partial charge in [-0.1, -0.05) is 0 Å². The molecule has 0 saturated heterocycles. The molecule has 2 heterocycles. The van der Waals surface area contributed by atoms with Crippen LogP contribution in [-0.4, -0.2) is 37.8 Å². The number of fused-ring (bicyclic) bond motifs is 1. The second-order valence-electron chi connectivity index (χ2n) is 7.47. The molecule has 1 amide bonds. The van der Waals surface area contributed by atoms with Crippen molar-refractivity contribution < 1.29 is 18.7 Å². The zero-order valence-corrected chi connectivity index (χ0v) is 18.0. The van der Waals surface area contributed by atoms with Gasteiger partial charge in [0.25, 0.3) is 5.91 Å². The number of nitrogens with two attached hydrogens (primary N) is 1. The number of rotatable bonds is 5. The Hall–Kier alpha value is -4.12. The van der Waals surface area contributed by atoms with Gasteiger partial charge in [-0.15, -0.1) is 0 Å². The van der Waals surface area contributed by atoms with Crippen LogP contribution in [-0.2, 0) is 4.79 Å². The Morgan fingerprint density at radius 2 is 1.82 bits per heavy atom. The summed E-state index contributed by atoms with van der Waals surface area (Å²) in [5, 5.41) is 20.1. The van der Waals surface area contributed by atoms with Crippen LogP contribution < -0.4 is 16.4 Å². The SMILES string of the molecule is CNc1nc(N)c2c(n1)c(C)nn2-c1ccc(NC(=O)C(O)c2cc(F)cc(F)c2)cc1C. The molecule has 0 fully saturated rings. The van der Waals surface area contributed by atoms with E-state index in [1.165, 1.54) is 0 Å². The van der Waals surface area contributed by atoms with E-state index in [1.807, 2.05) is 13.8 Å². The first-order chi connectivity index (χ1) is 15.7. The summed E-state index contributed by atoms with van der Waals surface area (Å²) >= 11 is 0. The highest BCUT2D eigenvalue weighted by molar-refractivity contribution is 5.95. The number of carbonyl (C=O) groups is 1. The number of halogens is 2. The lowest BCUT2D eigenvalue weighted by atomic mass is 10.1. The molecule has 0 aliphatic heterocycles. The lowest BCUT2D eigenvalue weighted by molar-refractivity contribution is -0.124. The lowest BCUT2D eigenvalue weighted by Gasteiger charge is -2.14. The zero-order valence-electron chi connectivity index (χ0n) is 18.0. The topological polar surface area (TPSA) is 131 Å². The van der Waals surface area contributed by atoms with Gasteiger partial charge in [-0.05, 0) is 55.3 Å². The average Bonchev–Trinajstić information content (AvgIpc) is 3.09. The maximum atomic E-state index is 13.4. The molecule has 1 unspecified atom stereocenters. The minimum Gasteiger partial charge on any atom is -0.382 e. The number of hydrogen-bond acceptors (Lipinski definition) is 7. The first-order valence-corrected chi connectivity index (χ1v) is 9.94. The number of nitrogen functional groups attached to an aromatic ring is 1. The van der Waals surface area contributed by atoms with E-state index in [4.69, 9.17) is 5.73 Å². The second-order valence-corrected chi connectivity index (χ2v) is 7.47. The molecule has 4 aromatic rings. The summed E-state index contributed by atoms with van der Waals surface area (Å²) in [6.07, 6.45) is -1.74. The number of amides is 1. The molecule has 4 rings (SSSR count). The van der Waals surface area contributed by atoms with Crippen molar-refractivity contribution in [2.75, 3.05) is 23.4 Å². The maximum absolute atomic E-state index is 13.4. The maximum Gasteiger partial charge on any atom is 0.257 e. The summed E-state index contributed by atoms with van der Waals surface area (Å²) in [6.45, 7) is 3.62. The van der Waals surface area contributed by atoms with Crippen LogP contribution in [0.25, 0.3) is 16.7 Å². The van der Waals surface area contributed by atoms with Gasteiger partial charge in [0.2, 0.25) is 5.95 Å². The van der Waals surface area contributed by atoms with Crippen molar-refractivity contribution in [3.63, 3.8) is 0 Å². The van der Waals surface area contributed by atoms with Crippen LogP contribution in [0.2, 0.25) is 0 Å². The fraction of sp³-hybridized carbons (Fsp3) is 0.182. The van der Waals surface area contributed by atoms with Crippen LogP contribution in [0.15, 0.2) is 36.4 Å². The molecule has 11 heteroatoms. The van der Waals surface area contributed by atoms with Gasteiger partial charge >= 0.3 is 0 Å². The first-order valence-electron chi connectivity index (χ1n) is 9.94. The highest BCUT2D eigenvalue weighted by atomic mass is 19.1. The van der Waals surface area contributed by atoms with E-state index in [-0.39, 0.29) is 11.4 Å². The molecule has 33 heavy (non-hydrogen) atoms. The summed E-state index contributed by atoms with van der Waals surface area (Å²) in [5.41, 5.74) is 9.59. The largest absolute Gasteiger partial charge is 0.382 e. The Morgan fingerprint density at radius 1 is 1.12 bits per heavy atom. The van der Waals surface area contributed by atoms with E-state index in [1.54, 1.807) is 29.9 Å². The number of carbonyl (C=O) groups excluding carboxylic acids is 1. The van der Waals surface area contributed by atoms with E-state index in [9.17, 15) is 18.7 Å². The number of hydrogen-bond donors (Lipinski definition) is 4. The van der Waals surface area contributed by atoms with Crippen LogP contribution in [0.3, 0.4) is 0 Å². The number of aryl methyl sites for hydroxylation is 2. The van der Waals surface area contributed by atoms with E-state index in [0.29, 0.717) is 40.1 Å². The Morgan fingerprint density at radius 3 is 2.45 bits per heavy atom. The van der Waals surface area contributed by atoms with Crippen LogP contribution >= 0.6 is 0 Å². The van der Waals surface area contributed by atoms with Crippen molar-refractivity contribution in [1.29, 1.82) is 0 Å². The molecule has 0 bridgehead atoms. The molecule has 2 aromatic heterocycles. The van der Waals surface area contributed by atoms with Crippen LogP contribution in [0.4, 0.5) is 26.2 Å². The molecular formula is C22H21F2N7O2. The normalized spacial score (nSPS) is 12.1. The van der Waals surface area contributed by atoms with Crippen molar-refractivity contribution in [3.8, 4) is 5.69 Å². The number of nitrogens with one attached hydrogen (secondary N) is 2. The molecule has 0 aliphatic carbocycles. The Labute approximate surface area is 187 Å². The number of anilines is 3. The molecule has 0 saturated carbocycles. The van der Waals surface area contributed by atoms with Crippen molar-refractivity contribution in [2.24, 2.45) is 0 Å². The number of nitrogens with zero attached hydrogens (tertiary/aromatic N) is 4. The number of aliphatic hydroxyl groups is 1. The van der Waals surface area contributed by atoms with Crippen molar-refractivity contribution in [2.45, 2.75) is 20.0 Å². The van der Waals surface area contributed by atoms with Crippen molar-refractivity contribution in [1.82, 2.24) is 19.7 Å². The summed E-state index contributed by atoms with van der Waals surface area (Å²) in [7, 11) is 1.69. The number of benzene rings is 2. The highest BCUT2D eigenvalue weighted by Crippen LogP contribution is 2.28. The molecule has 0 aliphatic rings. The van der Waals surface area contributed by atoms with Crippen LogP contribution in [0, 0.1) is 25.5 Å². The molecule has 9 nitrogen and oxygen atoms in total. The summed E-state index contributed by atoms with van der Waals surface area (Å²) in [5.74, 6) is -1.96. The molecule has 1 atom stereocenters. The summed E-state index contributed by atoms with van der Waals surface area (Å²) in [4.78, 5) is 21.1. The van der Waals surface area contributed by atoms with Gasteiger partial charge in [0.15, 0.2) is 11.9 Å². The third kappa shape index (κ3) is 4.17. The highest BCUT2D eigenvalue weighted by Gasteiger charge is 2.21. The molecule has 5 N–H and O–H groups in total. The zero-order chi connectivity index (χ0) is 23.9. The van der Waals surface area contributed by atoms with Gasteiger partial charge in [0.05, 0.1) is 11.4 Å². The Balaban J connectivity index is 1.63. The van der Waals surface area contributed by atoms with Crippen LogP contribution in [0.1, 0.15) is 22.9 Å². The van der Waals surface area contributed by atoms with Gasteiger partial charge < -0.3 is 21.5 Å². The monoisotopic (exact) mass is 453 g/mol. The quantitative estimate of drug-likeness (QED) is 0.365. The average molecular weight is 453 g/mol. The van der Waals surface area contributed by atoms with Gasteiger partial charge in [0, 0.05) is 18.8 Å². The standard InChI is InChI=1S/C22H21F2N7O2/c1-10-6-15(27-21(33)19(32)12-7-13(23)9-14(24)8-12)4-5-16(10)31-18-17(11(2)30-31)28-22(26-3)29-20(18)25/h4-9,19,32H,1-3H3,(H,27,33)(H3,25,26,28,29). The predicted molar refractivity (Wildman–Crippen MR) is 120 cm³/mol. The molecule has 0 spiro atoms. The predicted octanol–water partition coefficient (Wildman–Crippen LogP) is 3.01. The fourth-order valence-electron chi connectivity index (χ4n) is 3.53. The van der Waals surface area contributed by atoms with E-state index in [2.05, 4.69) is 25.7 Å². The minimum absolute atomic E-state index is 0.187. The van der Waals surface area contributed by atoms with Gasteiger partial charge in [0.1, 0.15) is 22.7 Å². The summed E-state index contributed by atoms with van der Waals surface area (Å²) in [6, 6.07) is 7.47. The molecule has 0 radical (unpaired) electrons. The third-order valence-electron chi connectivity index (χ3n) is 5.08. The van der Waals surface area contributed by atoms with Crippen molar-refractivity contribution in [3.05, 3.63) is 64.9 Å². The van der Waals surface area contributed by atoms with Gasteiger partial charge in [-0.25, -0.2) is 18.4 Å². The lowest BCUT2D eigenvalue weighted by Crippen LogP contribution is -2.21. The molecule has 2 aromatic carbocycles. The number of aliphatic hydroxyl groups excluding tert-OH is 1. The van der Waals surface area contributed by atoms with E-state index >= 15 is 0 Å². The summed E-state index contributed by atoms with van der Waals surface area (Å²) < 4.78 is 28.4. The van der Waals surface area contributed by atoms with Crippen LogP contribution in [0.5, 0.6) is 0 Å².